The molecule has 0 fully saturated rings. The molecule has 0 aliphatic rings. The zero-order valence-corrected chi connectivity index (χ0v) is 2.62. The molecule has 0 aliphatic heterocycles. The first kappa shape index (κ1) is 5.71. The van der Waals surface area contributed by atoms with Crippen LogP contribution >= 0.6 is 0 Å². The highest BCUT2D eigenvalue weighted by Gasteiger charge is 2.27. The standard InChI is InChI=1S/CH2F3NO/c2-1(3,4)6-5/h5H2. The SMILES string of the molecule is NOC(F)(F)F. The molecule has 0 saturated carbocycles. The van der Waals surface area contributed by atoms with Crippen LogP contribution in [0.5, 0.6) is 0 Å². The van der Waals surface area contributed by atoms with E-state index < -0.39 is 6.36 Å². The van der Waals surface area contributed by atoms with Gasteiger partial charge in [-0.1, -0.05) is 0 Å². The van der Waals surface area contributed by atoms with Crippen LogP contribution in [0.2, 0.25) is 0 Å². The number of rotatable bonds is 0. The third kappa shape index (κ3) is 3.71. The van der Waals surface area contributed by atoms with Gasteiger partial charge >= 0.3 is 6.36 Å². The van der Waals surface area contributed by atoms with Crippen LogP contribution in [0.4, 0.5) is 13.2 Å². The zero-order valence-electron chi connectivity index (χ0n) is 2.62. The number of hydrogen-bond acceptors (Lipinski definition) is 2. The summed E-state index contributed by atoms with van der Waals surface area (Å²) in [6, 6.07) is 0. The van der Waals surface area contributed by atoms with Crippen molar-refractivity contribution in [3.8, 4) is 0 Å². The lowest BCUT2D eigenvalue weighted by atomic mass is 11.4. The second-order valence-corrected chi connectivity index (χ2v) is 0.564. The van der Waals surface area contributed by atoms with Crippen LogP contribution in [0, 0.1) is 0 Å². The Kier molecular flexibility index (Phi) is 1.37. The average Bonchev–Trinajstić information content (AvgIpc) is 1.35. The van der Waals surface area contributed by atoms with Crippen molar-refractivity contribution < 1.29 is 18.0 Å². The van der Waals surface area contributed by atoms with E-state index >= 15 is 0 Å². The van der Waals surface area contributed by atoms with Crippen molar-refractivity contribution in [3.63, 3.8) is 0 Å². The van der Waals surface area contributed by atoms with Gasteiger partial charge in [-0.05, 0) is 0 Å². The molecule has 0 aromatic rings. The fraction of sp³-hybridized carbons (Fsp3) is 1.00. The Balaban J connectivity index is 3.17. The Hall–Kier alpha value is -0.290. The van der Waals surface area contributed by atoms with Gasteiger partial charge in [0.25, 0.3) is 0 Å². The van der Waals surface area contributed by atoms with Gasteiger partial charge in [0.1, 0.15) is 0 Å². The van der Waals surface area contributed by atoms with E-state index in [1.807, 2.05) is 0 Å². The van der Waals surface area contributed by atoms with Crippen LogP contribution in [-0.4, -0.2) is 6.36 Å². The van der Waals surface area contributed by atoms with E-state index in [0.29, 0.717) is 0 Å². The smallest absolute Gasteiger partial charge is 0.207 e. The molecule has 0 aliphatic carbocycles. The molecule has 6 heavy (non-hydrogen) atoms. The Bertz CT molecular complexity index is 40.5. The van der Waals surface area contributed by atoms with Crippen LogP contribution in [0.1, 0.15) is 0 Å². The van der Waals surface area contributed by atoms with E-state index in [1.165, 1.54) is 0 Å². The third-order valence-corrected chi connectivity index (χ3v) is 0.134. The zero-order chi connectivity index (χ0) is 5.21. The maximum Gasteiger partial charge on any atom is 0.538 e. The molecule has 0 bridgehead atoms. The first-order valence-electron chi connectivity index (χ1n) is 1.01. The van der Waals surface area contributed by atoms with Crippen molar-refractivity contribution in [2.75, 3.05) is 0 Å². The molecule has 2 N–H and O–H groups in total. The Morgan fingerprint density at radius 3 is 1.50 bits per heavy atom. The highest BCUT2D eigenvalue weighted by atomic mass is 19.4. The molecule has 0 atom stereocenters. The first-order valence-corrected chi connectivity index (χ1v) is 1.01. The van der Waals surface area contributed by atoms with Crippen molar-refractivity contribution in [3.05, 3.63) is 0 Å². The summed E-state index contributed by atoms with van der Waals surface area (Å²) >= 11 is 0. The maximum atomic E-state index is 10.4. The second kappa shape index (κ2) is 1.44. The minimum absolute atomic E-state index is 2.44. The van der Waals surface area contributed by atoms with Crippen LogP contribution in [0.3, 0.4) is 0 Å². The fourth-order valence-corrected chi connectivity index (χ4v) is 0. The summed E-state index contributed by atoms with van der Waals surface area (Å²) in [7, 11) is 0. The van der Waals surface area contributed by atoms with Crippen LogP contribution in [-0.2, 0) is 4.84 Å². The lowest BCUT2D eigenvalue weighted by molar-refractivity contribution is -0.327. The number of nitrogens with two attached hydrogens (primary N) is 1. The van der Waals surface area contributed by atoms with Gasteiger partial charge in [0, 0.05) is 0 Å². The monoisotopic (exact) mass is 101 g/mol. The molecule has 0 unspecified atom stereocenters. The summed E-state index contributed by atoms with van der Waals surface area (Å²) in [6.45, 7) is 0. The minimum atomic E-state index is -4.68. The molecule has 5 heteroatoms. The van der Waals surface area contributed by atoms with E-state index in [4.69, 9.17) is 0 Å². The van der Waals surface area contributed by atoms with Gasteiger partial charge in [0.05, 0.1) is 0 Å². The van der Waals surface area contributed by atoms with Crippen molar-refractivity contribution in [1.82, 2.24) is 0 Å². The molecule has 0 radical (unpaired) electrons. The molecule has 0 amide bonds. The molecule has 0 aromatic heterocycles. The van der Waals surface area contributed by atoms with Crippen molar-refractivity contribution in [2.24, 2.45) is 5.90 Å². The van der Waals surface area contributed by atoms with E-state index in [0.717, 1.165) is 0 Å². The number of hydrogen-bond donors (Lipinski definition) is 1. The lowest BCUT2D eigenvalue weighted by Gasteiger charge is -1.96. The summed E-state index contributed by atoms with van der Waals surface area (Å²) in [5, 5.41) is 0. The molecule has 0 aromatic carbocycles. The van der Waals surface area contributed by atoms with E-state index in [9.17, 15) is 13.2 Å². The summed E-state index contributed by atoms with van der Waals surface area (Å²) in [6.07, 6.45) is -4.68. The minimum Gasteiger partial charge on any atom is -0.207 e. The first-order chi connectivity index (χ1) is 2.56. The van der Waals surface area contributed by atoms with Gasteiger partial charge in [-0.15, -0.1) is 13.2 Å². The van der Waals surface area contributed by atoms with Crippen molar-refractivity contribution >= 4 is 0 Å². The molecule has 0 heterocycles. The van der Waals surface area contributed by atoms with Crippen LogP contribution < -0.4 is 5.90 Å². The molecular formula is CH2F3NO. The normalized spacial score (nSPS) is 12.0. The van der Waals surface area contributed by atoms with E-state index in [1.54, 1.807) is 0 Å². The van der Waals surface area contributed by atoms with Gasteiger partial charge < -0.3 is 0 Å². The van der Waals surface area contributed by atoms with Gasteiger partial charge in [0.2, 0.25) is 0 Å². The highest BCUT2D eigenvalue weighted by molar-refractivity contribution is 4.13. The van der Waals surface area contributed by atoms with Gasteiger partial charge in [0.15, 0.2) is 0 Å². The Labute approximate surface area is 31.6 Å². The van der Waals surface area contributed by atoms with Crippen molar-refractivity contribution in [2.45, 2.75) is 6.36 Å². The quantitative estimate of drug-likeness (QED) is 0.448. The topological polar surface area (TPSA) is 35.2 Å². The molecule has 0 saturated heterocycles. The van der Waals surface area contributed by atoms with E-state index in [-0.39, 0.29) is 0 Å². The Morgan fingerprint density at radius 2 is 1.50 bits per heavy atom. The highest BCUT2D eigenvalue weighted by Crippen LogP contribution is 2.11. The molecule has 0 rings (SSSR count). The van der Waals surface area contributed by atoms with Crippen molar-refractivity contribution in [1.29, 1.82) is 0 Å². The summed E-state index contributed by atoms with van der Waals surface area (Å²) < 4.78 is 31.3. The van der Waals surface area contributed by atoms with Gasteiger partial charge in [-0.2, -0.15) is 0 Å². The summed E-state index contributed by atoms with van der Waals surface area (Å²) in [5.41, 5.74) is 0. The predicted molar refractivity (Wildman–Crippen MR) is 11.3 cm³/mol. The van der Waals surface area contributed by atoms with Crippen LogP contribution in [0.25, 0.3) is 0 Å². The molecule has 0 spiro atoms. The average molecular weight is 101 g/mol. The molecule has 2 nitrogen and oxygen atoms in total. The predicted octanol–water partition coefficient (Wildman–Crippen LogP) is 0.397. The summed E-state index contributed by atoms with van der Waals surface area (Å²) in [5.74, 6) is 3.68. The second-order valence-electron chi connectivity index (χ2n) is 0.564. The largest absolute Gasteiger partial charge is 0.538 e. The fourth-order valence-electron chi connectivity index (χ4n) is 0. The Morgan fingerprint density at radius 1 is 1.33 bits per heavy atom. The third-order valence-electron chi connectivity index (χ3n) is 0.134. The lowest BCUT2D eigenvalue weighted by Crippen LogP contribution is -2.17. The molecule has 38 valence electrons. The van der Waals surface area contributed by atoms with Crippen LogP contribution in [0.15, 0.2) is 0 Å². The van der Waals surface area contributed by atoms with Gasteiger partial charge in [-0.25, -0.2) is 10.7 Å². The van der Waals surface area contributed by atoms with E-state index in [2.05, 4.69) is 10.7 Å². The maximum absolute atomic E-state index is 10.4. The number of halogens is 3. The molecular weight excluding hydrogens is 99.0 g/mol. The number of alkyl halides is 3. The van der Waals surface area contributed by atoms with Gasteiger partial charge in [-0.3, -0.25) is 0 Å². The summed E-state index contributed by atoms with van der Waals surface area (Å²) in [4.78, 5) is 2.44.